The monoisotopic (exact) mass is 472 g/mol. The van der Waals surface area contributed by atoms with Crippen molar-refractivity contribution in [2.75, 3.05) is 18.4 Å². The summed E-state index contributed by atoms with van der Waals surface area (Å²) in [5, 5.41) is 25.4. The van der Waals surface area contributed by atoms with Crippen LogP contribution in [0.25, 0.3) is 11.2 Å². The highest BCUT2D eigenvalue weighted by Crippen LogP contribution is 2.33. The number of aliphatic hydroxyl groups is 2. The minimum Gasteiger partial charge on any atom is -0.387 e. The van der Waals surface area contributed by atoms with Gasteiger partial charge in [-0.1, -0.05) is 30.2 Å². The lowest BCUT2D eigenvalue weighted by Crippen LogP contribution is -2.45. The van der Waals surface area contributed by atoms with Crippen molar-refractivity contribution in [2.24, 2.45) is 0 Å². The molecular weight excluding hydrogens is 444 g/mol. The summed E-state index contributed by atoms with van der Waals surface area (Å²) in [6.45, 7) is 4.30. The highest BCUT2D eigenvalue weighted by Gasteiger charge is 2.45. The van der Waals surface area contributed by atoms with Gasteiger partial charge in [-0.25, -0.2) is 15.0 Å². The number of anilines is 1. The quantitative estimate of drug-likeness (QED) is 0.502. The molecule has 0 aliphatic carbocycles. The van der Waals surface area contributed by atoms with Crippen LogP contribution >= 0.6 is 11.6 Å². The molecule has 9 nitrogen and oxygen atoms in total. The Bertz CT molecular complexity index is 1110. The SMILES string of the molecule is CC1CCCCN1C[C@H]1O[C@@H](n2cnc3c(NCc4cccc(Cl)c4)ncnc32)[C@H](O)[C@@H]1O. The third kappa shape index (κ3) is 4.56. The number of imidazole rings is 1. The van der Waals surface area contributed by atoms with Crippen molar-refractivity contribution in [3.8, 4) is 0 Å². The number of ether oxygens (including phenoxy) is 1. The lowest BCUT2D eigenvalue weighted by Gasteiger charge is -2.35. The Morgan fingerprint density at radius 2 is 2.06 bits per heavy atom. The number of fused-ring (bicyclic) bond motifs is 1. The van der Waals surface area contributed by atoms with E-state index in [2.05, 4.69) is 32.1 Å². The number of nitrogens with zero attached hydrogens (tertiary/aromatic N) is 5. The average molecular weight is 473 g/mol. The van der Waals surface area contributed by atoms with Gasteiger partial charge in [0.2, 0.25) is 0 Å². The number of aromatic nitrogens is 4. The first-order chi connectivity index (χ1) is 16.0. The number of hydrogen-bond donors (Lipinski definition) is 3. The zero-order chi connectivity index (χ0) is 22.9. The number of likely N-dealkylation sites (tertiary alicyclic amines) is 1. The van der Waals surface area contributed by atoms with Crippen molar-refractivity contribution in [2.45, 2.75) is 63.3 Å². The van der Waals surface area contributed by atoms with E-state index in [0.717, 1.165) is 24.9 Å². The van der Waals surface area contributed by atoms with E-state index in [4.69, 9.17) is 16.3 Å². The first-order valence-corrected chi connectivity index (χ1v) is 11.8. The molecule has 2 aliphatic rings. The second-order valence-corrected chi connectivity index (χ2v) is 9.35. The Hall–Kier alpha value is -2.30. The summed E-state index contributed by atoms with van der Waals surface area (Å²) >= 11 is 6.07. The van der Waals surface area contributed by atoms with Crippen LogP contribution in [0, 0.1) is 0 Å². The molecule has 0 amide bonds. The lowest BCUT2D eigenvalue weighted by molar-refractivity contribution is -0.0498. The van der Waals surface area contributed by atoms with Gasteiger partial charge in [-0.3, -0.25) is 9.47 Å². The van der Waals surface area contributed by atoms with E-state index < -0.39 is 24.5 Å². The molecule has 5 atom stereocenters. The first-order valence-electron chi connectivity index (χ1n) is 11.4. The third-order valence-corrected chi connectivity index (χ3v) is 6.91. The van der Waals surface area contributed by atoms with Crippen LogP contribution in [0.3, 0.4) is 0 Å². The minimum absolute atomic E-state index is 0.445. The summed E-state index contributed by atoms with van der Waals surface area (Å²) < 4.78 is 7.83. The second-order valence-electron chi connectivity index (χ2n) is 8.92. The molecule has 1 aromatic carbocycles. The summed E-state index contributed by atoms with van der Waals surface area (Å²) in [5.41, 5.74) is 2.11. The molecule has 3 aromatic rings. The number of piperidine rings is 1. The van der Waals surface area contributed by atoms with Crippen LogP contribution in [-0.4, -0.2) is 72.1 Å². The van der Waals surface area contributed by atoms with Gasteiger partial charge in [-0.2, -0.15) is 0 Å². The fourth-order valence-electron chi connectivity index (χ4n) is 4.77. The normalized spacial score (nSPS) is 28.4. The van der Waals surface area contributed by atoms with Crippen molar-refractivity contribution in [1.29, 1.82) is 0 Å². The number of hydrogen-bond acceptors (Lipinski definition) is 8. The van der Waals surface area contributed by atoms with Gasteiger partial charge in [0.05, 0.1) is 6.33 Å². The minimum atomic E-state index is -1.08. The Kier molecular flexibility index (Phi) is 6.49. The smallest absolute Gasteiger partial charge is 0.167 e. The molecule has 176 valence electrons. The highest BCUT2D eigenvalue weighted by molar-refractivity contribution is 6.30. The topological polar surface area (TPSA) is 109 Å². The van der Waals surface area contributed by atoms with E-state index in [9.17, 15) is 10.2 Å². The maximum atomic E-state index is 10.8. The van der Waals surface area contributed by atoms with Crippen LogP contribution in [0.1, 0.15) is 38.0 Å². The molecule has 4 heterocycles. The van der Waals surface area contributed by atoms with Gasteiger partial charge in [0.25, 0.3) is 0 Å². The Balaban J connectivity index is 1.33. The maximum Gasteiger partial charge on any atom is 0.167 e. The van der Waals surface area contributed by atoms with Gasteiger partial charge in [-0.15, -0.1) is 0 Å². The number of halogens is 1. The van der Waals surface area contributed by atoms with Crippen LogP contribution in [-0.2, 0) is 11.3 Å². The molecule has 1 unspecified atom stereocenters. The molecule has 10 heteroatoms. The van der Waals surface area contributed by atoms with Crippen molar-refractivity contribution in [1.82, 2.24) is 24.4 Å². The van der Waals surface area contributed by atoms with Gasteiger partial charge in [0.1, 0.15) is 24.6 Å². The molecule has 0 saturated carbocycles. The molecule has 2 saturated heterocycles. The van der Waals surface area contributed by atoms with Gasteiger partial charge in [-0.05, 0) is 44.0 Å². The van der Waals surface area contributed by atoms with Crippen molar-refractivity contribution in [3.63, 3.8) is 0 Å². The predicted octanol–water partition coefficient (Wildman–Crippen LogP) is 2.59. The number of benzene rings is 1. The van der Waals surface area contributed by atoms with Crippen LogP contribution in [0.15, 0.2) is 36.9 Å². The molecular formula is C23H29ClN6O3. The van der Waals surface area contributed by atoms with Crippen molar-refractivity contribution < 1.29 is 14.9 Å². The van der Waals surface area contributed by atoms with E-state index in [-0.39, 0.29) is 0 Å². The van der Waals surface area contributed by atoms with E-state index >= 15 is 0 Å². The van der Waals surface area contributed by atoms with Gasteiger partial charge in [0, 0.05) is 24.2 Å². The van der Waals surface area contributed by atoms with Gasteiger partial charge in [0.15, 0.2) is 23.2 Å². The largest absolute Gasteiger partial charge is 0.387 e. The predicted molar refractivity (Wildman–Crippen MR) is 125 cm³/mol. The van der Waals surface area contributed by atoms with Crippen molar-refractivity contribution >= 4 is 28.6 Å². The Morgan fingerprint density at radius 1 is 1.18 bits per heavy atom. The molecule has 0 radical (unpaired) electrons. The molecule has 0 spiro atoms. The summed E-state index contributed by atoms with van der Waals surface area (Å²) in [5.74, 6) is 0.574. The summed E-state index contributed by atoms with van der Waals surface area (Å²) in [4.78, 5) is 15.5. The molecule has 5 rings (SSSR count). The zero-order valence-electron chi connectivity index (χ0n) is 18.5. The number of aliphatic hydroxyl groups excluding tert-OH is 2. The molecule has 2 aromatic heterocycles. The standard InChI is InChI=1S/C23H29ClN6O3/c1-14-5-2-3-8-29(14)11-17-19(31)20(32)23(33-17)30-13-28-18-21(26-12-27-22(18)30)25-10-15-6-4-7-16(24)9-15/h4,6-7,9,12-14,17,19-20,23,31-32H,2-3,5,8,10-11H2,1H3,(H,25,26,27)/t14?,17-,19-,20-,23-/m1/s1. The number of rotatable bonds is 6. The molecule has 2 fully saturated rings. The molecule has 2 aliphatic heterocycles. The average Bonchev–Trinajstić information content (AvgIpc) is 3.36. The van der Waals surface area contributed by atoms with E-state index in [1.165, 1.54) is 12.7 Å². The van der Waals surface area contributed by atoms with Crippen molar-refractivity contribution in [3.05, 3.63) is 47.5 Å². The molecule has 3 N–H and O–H groups in total. The fourth-order valence-corrected chi connectivity index (χ4v) is 4.98. The summed E-state index contributed by atoms with van der Waals surface area (Å²) in [6, 6.07) is 8.04. The zero-order valence-corrected chi connectivity index (χ0v) is 19.3. The lowest BCUT2D eigenvalue weighted by atomic mass is 10.0. The van der Waals surface area contributed by atoms with Crippen LogP contribution in [0.2, 0.25) is 5.02 Å². The Morgan fingerprint density at radius 3 is 2.88 bits per heavy atom. The number of nitrogens with one attached hydrogen (secondary N) is 1. The van der Waals surface area contributed by atoms with Gasteiger partial charge < -0.3 is 20.3 Å². The van der Waals surface area contributed by atoms with Crippen LogP contribution in [0.4, 0.5) is 5.82 Å². The van der Waals surface area contributed by atoms with E-state index in [1.54, 1.807) is 10.9 Å². The van der Waals surface area contributed by atoms with Crippen LogP contribution in [0.5, 0.6) is 0 Å². The molecule has 0 bridgehead atoms. The third-order valence-electron chi connectivity index (χ3n) is 6.67. The van der Waals surface area contributed by atoms with E-state index in [0.29, 0.717) is 41.1 Å². The summed E-state index contributed by atoms with van der Waals surface area (Å²) in [7, 11) is 0. The summed E-state index contributed by atoms with van der Waals surface area (Å²) in [6.07, 6.45) is 3.23. The Labute approximate surface area is 197 Å². The first kappa shape index (κ1) is 22.5. The maximum absolute atomic E-state index is 10.8. The highest BCUT2D eigenvalue weighted by atomic mass is 35.5. The van der Waals surface area contributed by atoms with Gasteiger partial charge >= 0.3 is 0 Å². The van der Waals surface area contributed by atoms with Crippen LogP contribution < -0.4 is 5.32 Å². The second kappa shape index (κ2) is 9.52. The van der Waals surface area contributed by atoms with E-state index in [1.807, 2.05) is 24.3 Å². The fraction of sp³-hybridized carbons (Fsp3) is 0.522. The molecule has 33 heavy (non-hydrogen) atoms.